The zero-order chi connectivity index (χ0) is 19.1. The molecule has 0 aromatic heterocycles. The van der Waals surface area contributed by atoms with Crippen molar-refractivity contribution in [2.24, 2.45) is 0 Å². The maximum absolute atomic E-state index is 12.4. The minimum Gasteiger partial charge on any atom is -0.496 e. The molecule has 2 aromatic rings. The molecule has 0 spiro atoms. The fraction of sp³-hybridized carbons (Fsp3) is 0.250. The number of ether oxygens (including phenoxy) is 1. The van der Waals surface area contributed by atoms with E-state index in [0.717, 1.165) is 5.56 Å². The van der Waals surface area contributed by atoms with Crippen LogP contribution >= 0.6 is 0 Å². The van der Waals surface area contributed by atoms with E-state index < -0.39 is 17.9 Å². The second kappa shape index (κ2) is 8.80. The number of methoxy groups -OCH3 is 1. The lowest BCUT2D eigenvalue weighted by atomic mass is 10.0. The number of hydrogen-bond acceptors (Lipinski definition) is 4. The van der Waals surface area contributed by atoms with Crippen LogP contribution in [-0.2, 0) is 9.59 Å². The van der Waals surface area contributed by atoms with Crippen LogP contribution in [0, 0.1) is 6.92 Å². The fourth-order valence-corrected chi connectivity index (χ4v) is 2.57. The summed E-state index contributed by atoms with van der Waals surface area (Å²) in [4.78, 5) is 35.9. The molecular weight excluding hydrogens is 334 g/mol. The van der Waals surface area contributed by atoms with E-state index in [9.17, 15) is 19.5 Å². The van der Waals surface area contributed by atoms with Crippen LogP contribution in [0.4, 0.5) is 0 Å². The van der Waals surface area contributed by atoms with E-state index in [4.69, 9.17) is 4.74 Å². The minimum absolute atomic E-state index is 0.0349. The van der Waals surface area contributed by atoms with Crippen molar-refractivity contribution < 1.29 is 24.2 Å². The number of benzene rings is 2. The molecule has 0 bridgehead atoms. The van der Waals surface area contributed by atoms with E-state index in [1.54, 1.807) is 42.5 Å². The smallest absolute Gasteiger partial charge is 0.330 e. The van der Waals surface area contributed by atoms with Gasteiger partial charge in [0, 0.05) is 12.8 Å². The van der Waals surface area contributed by atoms with Crippen LogP contribution in [0.25, 0.3) is 0 Å². The highest BCUT2D eigenvalue weighted by molar-refractivity contribution is 6.00. The predicted octanol–water partition coefficient (Wildman–Crippen LogP) is 2.91. The molecule has 1 amide bonds. The minimum atomic E-state index is -1.16. The van der Waals surface area contributed by atoms with Crippen LogP contribution in [0.1, 0.15) is 40.4 Å². The molecule has 0 fully saturated rings. The standard InChI is InChI=1S/C20H21NO5/c1-13-8-10-17(26-2)15(12-13)16(22)9-11-18(23)21-19(20(24)25)14-6-4-3-5-7-14/h3-8,10,12,19H,9,11H2,1-2H3,(H,21,23)(H,24,25). The van der Waals surface area contributed by atoms with Gasteiger partial charge in [-0.15, -0.1) is 0 Å². The van der Waals surface area contributed by atoms with Crippen molar-refractivity contribution in [2.45, 2.75) is 25.8 Å². The fourth-order valence-electron chi connectivity index (χ4n) is 2.57. The van der Waals surface area contributed by atoms with Crippen molar-refractivity contribution in [3.63, 3.8) is 0 Å². The lowest BCUT2D eigenvalue weighted by Crippen LogP contribution is -2.33. The highest BCUT2D eigenvalue weighted by Crippen LogP contribution is 2.22. The molecule has 2 rings (SSSR count). The summed E-state index contributed by atoms with van der Waals surface area (Å²) in [6.07, 6.45) is -0.140. The lowest BCUT2D eigenvalue weighted by molar-refractivity contribution is -0.142. The van der Waals surface area contributed by atoms with Crippen LogP contribution < -0.4 is 10.1 Å². The van der Waals surface area contributed by atoms with Crippen molar-refractivity contribution in [3.05, 3.63) is 65.2 Å². The molecule has 136 valence electrons. The van der Waals surface area contributed by atoms with E-state index in [0.29, 0.717) is 16.9 Å². The van der Waals surface area contributed by atoms with Crippen molar-refractivity contribution in [1.29, 1.82) is 0 Å². The summed E-state index contributed by atoms with van der Waals surface area (Å²) in [5.41, 5.74) is 1.80. The Kier molecular flexibility index (Phi) is 6.49. The van der Waals surface area contributed by atoms with Crippen LogP contribution in [0.5, 0.6) is 5.75 Å². The van der Waals surface area contributed by atoms with Crippen LogP contribution in [0.15, 0.2) is 48.5 Å². The molecule has 1 unspecified atom stereocenters. The average molecular weight is 355 g/mol. The average Bonchev–Trinajstić information content (AvgIpc) is 2.64. The number of aliphatic carboxylic acids is 1. The van der Waals surface area contributed by atoms with Crippen LogP contribution in [-0.4, -0.2) is 29.9 Å². The van der Waals surface area contributed by atoms with E-state index in [-0.39, 0.29) is 18.6 Å². The topological polar surface area (TPSA) is 92.7 Å². The van der Waals surface area contributed by atoms with Gasteiger partial charge in [-0.2, -0.15) is 0 Å². The first kappa shape index (κ1) is 19.2. The zero-order valence-electron chi connectivity index (χ0n) is 14.7. The molecule has 0 aliphatic rings. The Hall–Kier alpha value is -3.15. The first-order chi connectivity index (χ1) is 12.4. The summed E-state index contributed by atoms with van der Waals surface area (Å²) in [6, 6.07) is 12.5. The van der Waals surface area contributed by atoms with Gasteiger partial charge < -0.3 is 15.2 Å². The molecule has 0 radical (unpaired) electrons. The summed E-state index contributed by atoms with van der Waals surface area (Å²) in [7, 11) is 1.48. The zero-order valence-corrected chi connectivity index (χ0v) is 14.7. The maximum Gasteiger partial charge on any atom is 0.330 e. The number of carbonyl (C=O) groups excluding carboxylic acids is 2. The number of carboxylic acid groups (broad SMARTS) is 1. The van der Waals surface area contributed by atoms with Gasteiger partial charge in [0.2, 0.25) is 5.91 Å². The molecule has 26 heavy (non-hydrogen) atoms. The molecule has 0 aliphatic heterocycles. The highest BCUT2D eigenvalue weighted by atomic mass is 16.5. The molecule has 0 saturated heterocycles. The molecule has 6 nitrogen and oxygen atoms in total. The molecular formula is C20H21NO5. The Balaban J connectivity index is 2.01. The first-order valence-corrected chi connectivity index (χ1v) is 8.17. The monoisotopic (exact) mass is 355 g/mol. The van der Waals surface area contributed by atoms with Gasteiger partial charge in [0.25, 0.3) is 0 Å². The van der Waals surface area contributed by atoms with E-state index in [1.165, 1.54) is 7.11 Å². The molecule has 2 aromatic carbocycles. The largest absolute Gasteiger partial charge is 0.496 e. The van der Waals surface area contributed by atoms with E-state index >= 15 is 0 Å². The van der Waals surface area contributed by atoms with Gasteiger partial charge in [0.05, 0.1) is 12.7 Å². The Labute approximate surface area is 151 Å². The van der Waals surface area contributed by atoms with Gasteiger partial charge in [-0.25, -0.2) is 4.79 Å². The molecule has 0 saturated carbocycles. The normalized spacial score (nSPS) is 11.5. The number of ketones is 1. The summed E-state index contributed by atoms with van der Waals surface area (Å²) < 4.78 is 5.18. The van der Waals surface area contributed by atoms with Crippen molar-refractivity contribution >= 4 is 17.7 Å². The Morgan fingerprint density at radius 2 is 1.77 bits per heavy atom. The maximum atomic E-state index is 12.4. The second-order valence-corrected chi connectivity index (χ2v) is 5.88. The molecule has 6 heteroatoms. The number of amides is 1. The number of aryl methyl sites for hydroxylation is 1. The Morgan fingerprint density at radius 3 is 2.38 bits per heavy atom. The predicted molar refractivity (Wildman–Crippen MR) is 96.3 cm³/mol. The third kappa shape index (κ3) is 4.92. The van der Waals surface area contributed by atoms with E-state index in [2.05, 4.69) is 5.32 Å². The summed E-state index contributed by atoms with van der Waals surface area (Å²) in [6.45, 7) is 1.86. The van der Waals surface area contributed by atoms with Gasteiger partial charge >= 0.3 is 5.97 Å². The third-order valence-electron chi connectivity index (χ3n) is 3.92. The SMILES string of the molecule is COc1ccc(C)cc1C(=O)CCC(=O)NC(C(=O)O)c1ccccc1. The number of Topliss-reactive ketones (excluding diaryl/α,β-unsaturated/α-hetero) is 1. The lowest BCUT2D eigenvalue weighted by Gasteiger charge is -2.15. The van der Waals surface area contributed by atoms with Gasteiger partial charge in [-0.05, 0) is 24.6 Å². The quantitative estimate of drug-likeness (QED) is 0.710. The van der Waals surface area contributed by atoms with Gasteiger partial charge in [-0.1, -0.05) is 42.0 Å². The molecule has 1 atom stereocenters. The highest BCUT2D eigenvalue weighted by Gasteiger charge is 2.22. The molecule has 0 heterocycles. The second-order valence-electron chi connectivity index (χ2n) is 5.88. The number of nitrogens with one attached hydrogen (secondary N) is 1. The number of rotatable bonds is 8. The van der Waals surface area contributed by atoms with Gasteiger partial charge in [0.15, 0.2) is 11.8 Å². The van der Waals surface area contributed by atoms with Crippen molar-refractivity contribution in [2.75, 3.05) is 7.11 Å². The number of carboxylic acids is 1. The Morgan fingerprint density at radius 1 is 1.08 bits per heavy atom. The first-order valence-electron chi connectivity index (χ1n) is 8.17. The van der Waals surface area contributed by atoms with Crippen LogP contribution in [0.2, 0.25) is 0 Å². The third-order valence-corrected chi connectivity index (χ3v) is 3.92. The van der Waals surface area contributed by atoms with Crippen molar-refractivity contribution in [1.82, 2.24) is 5.32 Å². The van der Waals surface area contributed by atoms with Crippen LogP contribution in [0.3, 0.4) is 0 Å². The van der Waals surface area contributed by atoms with Gasteiger partial charge in [0.1, 0.15) is 5.75 Å². The van der Waals surface area contributed by atoms with Crippen molar-refractivity contribution in [3.8, 4) is 5.75 Å². The van der Waals surface area contributed by atoms with E-state index in [1.807, 2.05) is 13.0 Å². The van der Waals surface area contributed by atoms with Gasteiger partial charge in [-0.3, -0.25) is 9.59 Å². The number of hydrogen-bond donors (Lipinski definition) is 2. The molecule has 0 aliphatic carbocycles. The summed E-state index contributed by atoms with van der Waals surface area (Å²) >= 11 is 0. The summed E-state index contributed by atoms with van der Waals surface area (Å²) in [5, 5.41) is 11.8. The Bertz CT molecular complexity index is 801. The molecule has 2 N–H and O–H groups in total. The number of carbonyl (C=O) groups is 3. The summed E-state index contributed by atoms with van der Waals surface area (Å²) in [5.74, 6) is -1.43.